The highest BCUT2D eigenvalue weighted by atomic mass is 35.5. The van der Waals surface area contributed by atoms with Gasteiger partial charge in [0.25, 0.3) is 10.0 Å². The second-order valence-electron chi connectivity index (χ2n) is 5.09. The zero-order valence-electron chi connectivity index (χ0n) is 12.4. The van der Waals surface area contributed by atoms with Gasteiger partial charge in [0.1, 0.15) is 0 Å². The number of carbonyl (C=O) groups excluding carboxylic acids is 1. The Bertz CT molecular complexity index is 816. The topological polar surface area (TPSA) is 86.3 Å². The first-order chi connectivity index (χ1) is 10.8. The average molecular weight is 353 g/mol. The minimum atomic E-state index is -3.73. The normalized spacial score (nSPS) is 11.2. The Morgan fingerprint density at radius 3 is 2.39 bits per heavy atom. The number of halogens is 1. The van der Waals surface area contributed by atoms with Gasteiger partial charge in [-0.15, -0.1) is 0 Å². The number of benzene rings is 2. The summed E-state index contributed by atoms with van der Waals surface area (Å²) in [7, 11) is -3.73. The number of carboxylic acids is 1. The van der Waals surface area contributed by atoms with E-state index in [2.05, 4.69) is 4.72 Å². The van der Waals surface area contributed by atoms with Crippen molar-refractivity contribution in [1.29, 1.82) is 0 Å². The van der Waals surface area contributed by atoms with Crippen molar-refractivity contribution in [3.63, 3.8) is 0 Å². The molecule has 0 aliphatic carbocycles. The van der Waals surface area contributed by atoms with Crippen molar-refractivity contribution in [3.05, 3.63) is 58.6 Å². The Hall–Kier alpha value is -2.05. The maximum absolute atomic E-state index is 12.3. The molecule has 1 N–H and O–H groups in total. The van der Waals surface area contributed by atoms with Gasteiger partial charge in [-0.2, -0.15) is 0 Å². The van der Waals surface area contributed by atoms with Gasteiger partial charge in [0.2, 0.25) is 0 Å². The van der Waals surface area contributed by atoms with Crippen LogP contribution in [0.3, 0.4) is 0 Å². The molecular formula is C16H15ClNO4S-. The van der Waals surface area contributed by atoms with Crippen LogP contribution in [0.25, 0.3) is 0 Å². The third-order valence-electron chi connectivity index (χ3n) is 3.28. The lowest BCUT2D eigenvalue weighted by atomic mass is 10.1. The lowest BCUT2D eigenvalue weighted by molar-refractivity contribution is -0.305. The summed E-state index contributed by atoms with van der Waals surface area (Å²) < 4.78 is 27.1. The number of aryl methyl sites for hydroxylation is 2. The van der Waals surface area contributed by atoms with Crippen LogP contribution in [-0.2, 0) is 21.2 Å². The Kier molecular flexibility index (Phi) is 5.28. The van der Waals surface area contributed by atoms with Crippen LogP contribution in [0.2, 0.25) is 5.02 Å². The van der Waals surface area contributed by atoms with Crippen LogP contribution in [0.5, 0.6) is 0 Å². The zero-order chi connectivity index (χ0) is 17.0. The van der Waals surface area contributed by atoms with E-state index in [1.807, 2.05) is 6.92 Å². The zero-order valence-corrected chi connectivity index (χ0v) is 13.9. The first kappa shape index (κ1) is 17.3. The molecule has 0 aliphatic rings. The summed E-state index contributed by atoms with van der Waals surface area (Å²) >= 11 is 5.98. The molecule has 7 heteroatoms. The molecule has 2 aromatic rings. The van der Waals surface area contributed by atoms with Crippen molar-refractivity contribution in [2.75, 3.05) is 4.72 Å². The monoisotopic (exact) mass is 352 g/mol. The van der Waals surface area contributed by atoms with E-state index in [-0.39, 0.29) is 11.3 Å². The number of aliphatic carboxylic acids is 1. The van der Waals surface area contributed by atoms with Crippen LogP contribution in [0.1, 0.15) is 17.5 Å². The van der Waals surface area contributed by atoms with Gasteiger partial charge in [-0.05, 0) is 55.2 Å². The molecule has 0 saturated carbocycles. The van der Waals surface area contributed by atoms with E-state index in [0.717, 1.165) is 11.1 Å². The highest BCUT2D eigenvalue weighted by Gasteiger charge is 2.14. The van der Waals surface area contributed by atoms with E-state index in [1.165, 1.54) is 12.1 Å². The summed E-state index contributed by atoms with van der Waals surface area (Å²) in [5.74, 6) is -1.14. The van der Waals surface area contributed by atoms with E-state index >= 15 is 0 Å². The van der Waals surface area contributed by atoms with Gasteiger partial charge in [0.15, 0.2) is 0 Å². The maximum atomic E-state index is 12.3. The molecular weight excluding hydrogens is 338 g/mol. The van der Waals surface area contributed by atoms with Crippen LogP contribution >= 0.6 is 11.6 Å². The summed E-state index contributed by atoms with van der Waals surface area (Å²) in [4.78, 5) is 10.5. The van der Waals surface area contributed by atoms with Gasteiger partial charge >= 0.3 is 0 Å². The van der Waals surface area contributed by atoms with E-state index < -0.39 is 16.0 Å². The number of nitrogens with one attached hydrogen (secondary N) is 1. The first-order valence-corrected chi connectivity index (χ1v) is 8.72. The second-order valence-corrected chi connectivity index (χ2v) is 7.18. The minimum Gasteiger partial charge on any atom is -0.550 e. The van der Waals surface area contributed by atoms with Crippen LogP contribution in [-0.4, -0.2) is 14.4 Å². The lowest BCUT2D eigenvalue weighted by Crippen LogP contribution is -2.22. The third-order valence-corrected chi connectivity index (χ3v) is 5.08. The molecule has 0 spiro atoms. The van der Waals surface area contributed by atoms with Crippen molar-refractivity contribution in [2.24, 2.45) is 0 Å². The van der Waals surface area contributed by atoms with Crippen LogP contribution in [0, 0.1) is 6.92 Å². The Labute approximate surface area is 140 Å². The van der Waals surface area contributed by atoms with Crippen molar-refractivity contribution in [3.8, 4) is 0 Å². The number of anilines is 1. The van der Waals surface area contributed by atoms with E-state index in [1.54, 1.807) is 30.3 Å². The number of sulfonamides is 1. The fourth-order valence-electron chi connectivity index (χ4n) is 1.95. The Morgan fingerprint density at radius 2 is 1.83 bits per heavy atom. The molecule has 0 unspecified atom stereocenters. The summed E-state index contributed by atoms with van der Waals surface area (Å²) in [5, 5.41) is 10.9. The summed E-state index contributed by atoms with van der Waals surface area (Å²) in [5.41, 5.74) is 1.96. The highest BCUT2D eigenvalue weighted by Crippen LogP contribution is 2.22. The van der Waals surface area contributed by atoms with E-state index in [9.17, 15) is 18.3 Å². The molecule has 122 valence electrons. The van der Waals surface area contributed by atoms with Gasteiger partial charge in [0.05, 0.1) is 10.6 Å². The highest BCUT2D eigenvalue weighted by molar-refractivity contribution is 7.92. The molecule has 0 heterocycles. The van der Waals surface area contributed by atoms with Crippen molar-refractivity contribution in [2.45, 2.75) is 24.7 Å². The van der Waals surface area contributed by atoms with Gasteiger partial charge in [0, 0.05) is 11.0 Å². The Balaban J connectivity index is 2.15. The molecule has 0 fully saturated rings. The molecule has 0 atom stereocenters. The molecule has 0 bridgehead atoms. The molecule has 23 heavy (non-hydrogen) atoms. The largest absolute Gasteiger partial charge is 0.550 e. The lowest BCUT2D eigenvalue weighted by Gasteiger charge is -2.10. The average Bonchev–Trinajstić information content (AvgIpc) is 2.49. The van der Waals surface area contributed by atoms with E-state index in [4.69, 9.17) is 11.6 Å². The molecule has 0 aromatic heterocycles. The number of hydrogen-bond acceptors (Lipinski definition) is 4. The molecule has 5 nitrogen and oxygen atoms in total. The molecule has 0 amide bonds. The second kappa shape index (κ2) is 7.02. The van der Waals surface area contributed by atoms with Gasteiger partial charge < -0.3 is 9.90 Å². The number of rotatable bonds is 6. The summed E-state index contributed by atoms with van der Waals surface area (Å²) in [6.45, 7) is 1.83. The van der Waals surface area contributed by atoms with Gasteiger partial charge in [-0.25, -0.2) is 8.42 Å². The SMILES string of the molecule is Cc1ccc(NS(=O)(=O)c2ccc(CCC(=O)[O-])cc2)cc1Cl. The Morgan fingerprint density at radius 1 is 1.17 bits per heavy atom. The summed E-state index contributed by atoms with van der Waals surface area (Å²) in [6, 6.07) is 10.9. The molecule has 0 aliphatic heterocycles. The van der Waals surface area contributed by atoms with Crippen molar-refractivity contribution >= 4 is 33.3 Å². The van der Waals surface area contributed by atoms with E-state index in [0.29, 0.717) is 17.1 Å². The standard InChI is InChI=1S/C16H16ClNO4S/c1-11-2-6-13(10-15(11)17)18-23(21,22)14-7-3-12(4-8-14)5-9-16(19)20/h2-4,6-8,10,18H,5,9H2,1H3,(H,19,20)/p-1. The number of carboxylic acid groups (broad SMARTS) is 1. The fourth-order valence-corrected chi connectivity index (χ4v) is 3.18. The molecule has 0 radical (unpaired) electrons. The predicted octanol–water partition coefficient (Wildman–Crippen LogP) is 2.13. The quantitative estimate of drug-likeness (QED) is 0.862. The molecule has 2 aromatic carbocycles. The fraction of sp³-hybridized carbons (Fsp3) is 0.188. The van der Waals surface area contributed by atoms with Crippen molar-refractivity contribution < 1.29 is 18.3 Å². The van der Waals surface area contributed by atoms with Crippen LogP contribution in [0.15, 0.2) is 47.4 Å². The molecule has 2 rings (SSSR count). The third kappa shape index (κ3) is 4.71. The summed E-state index contributed by atoms with van der Waals surface area (Å²) in [6.07, 6.45) is 0.190. The van der Waals surface area contributed by atoms with Crippen molar-refractivity contribution in [1.82, 2.24) is 0 Å². The first-order valence-electron chi connectivity index (χ1n) is 6.86. The van der Waals surface area contributed by atoms with Crippen LogP contribution < -0.4 is 9.83 Å². The smallest absolute Gasteiger partial charge is 0.261 e. The maximum Gasteiger partial charge on any atom is 0.261 e. The minimum absolute atomic E-state index is 0.0893. The number of hydrogen-bond donors (Lipinski definition) is 1. The van der Waals surface area contributed by atoms with Crippen LogP contribution in [0.4, 0.5) is 5.69 Å². The molecule has 0 saturated heterocycles. The van der Waals surface area contributed by atoms with Gasteiger partial charge in [-0.3, -0.25) is 4.72 Å². The predicted molar refractivity (Wildman–Crippen MR) is 86.8 cm³/mol. The number of carbonyl (C=O) groups is 1. The van der Waals surface area contributed by atoms with Gasteiger partial charge in [-0.1, -0.05) is 29.8 Å².